The van der Waals surface area contributed by atoms with Crippen molar-refractivity contribution in [2.24, 2.45) is 70.0 Å². The highest BCUT2D eigenvalue weighted by Gasteiger charge is 2.54. The molecule has 3 N–H and O–H groups in total. The summed E-state index contributed by atoms with van der Waals surface area (Å²) in [6, 6.07) is 0. The van der Waals surface area contributed by atoms with Gasteiger partial charge < -0.3 is 38.1 Å². The van der Waals surface area contributed by atoms with Crippen molar-refractivity contribution in [3.05, 3.63) is 83.0 Å². The number of cyclic esters (lactones) is 2. The van der Waals surface area contributed by atoms with E-state index in [4.69, 9.17) is 34.3 Å². The Bertz CT molecular complexity index is 2800. The molecule has 2 aliphatic heterocycles. The number of terminal acetylenes is 1. The Hall–Kier alpha value is -2.50. The molecular weight excluding hydrogens is 1350 g/mol. The van der Waals surface area contributed by atoms with Crippen molar-refractivity contribution in [1.29, 1.82) is 0 Å². The molecule has 568 valence electrons. The molecule has 0 aromatic rings. The maximum atomic E-state index is 12.1. The Labute approximate surface area is 617 Å². The second-order valence-corrected chi connectivity index (χ2v) is 50.6. The monoisotopic (exact) mass is 1500 g/mol. The molecule has 2 heterocycles. The fraction of sp³-hybridized carbons (Fsp3) is 0.786. The quantitative estimate of drug-likeness (QED) is 0.0202. The fourth-order valence-corrected chi connectivity index (χ4v) is 21.9. The number of hydrogen-bond acceptors (Lipinski definition) is 10. The average Bonchev–Trinajstić information content (AvgIpc) is 1.63. The van der Waals surface area contributed by atoms with E-state index in [2.05, 4.69) is 208 Å². The maximum absolute atomic E-state index is 12.1. The number of allylic oxidation sites excluding steroid dienone is 4. The molecule has 0 spiro atoms. The number of carbonyl (C=O) groups excluding carboxylic acids is 2. The van der Waals surface area contributed by atoms with Gasteiger partial charge in [-0.05, 0) is 239 Å². The van der Waals surface area contributed by atoms with Gasteiger partial charge in [-0.15, -0.1) is 18.9 Å². The van der Waals surface area contributed by atoms with Crippen LogP contribution in [0.4, 0.5) is 4.70 Å². The number of hydrogen-bond donors (Lipinski definition) is 3. The van der Waals surface area contributed by atoms with Crippen molar-refractivity contribution in [3.63, 3.8) is 0 Å². The van der Waals surface area contributed by atoms with Crippen LogP contribution in [0.1, 0.15) is 246 Å². The predicted octanol–water partition coefficient (Wildman–Crippen LogP) is 22.2. The van der Waals surface area contributed by atoms with Crippen molar-refractivity contribution >= 4 is 52.8 Å². The lowest BCUT2D eigenvalue weighted by Crippen LogP contribution is -2.50. The Balaban J connectivity index is 0.000000387. The number of halogens is 2. The smallest absolute Gasteiger partial charge is 0.334 e. The molecule has 0 unspecified atom stereocenters. The normalized spacial score (nSPS) is 31.8. The number of aliphatic hydroxyl groups excluding tert-OH is 3. The third-order valence-electron chi connectivity index (χ3n) is 26.7. The summed E-state index contributed by atoms with van der Waals surface area (Å²) in [5.74, 6) is 6.46. The molecule has 0 aromatic carbocycles. The molecular formula is C84H146BrFO10Si3. The summed E-state index contributed by atoms with van der Waals surface area (Å²) in [4.78, 5) is 26.2. The first-order valence-electron chi connectivity index (χ1n) is 38.7. The van der Waals surface area contributed by atoms with Crippen LogP contribution in [0.15, 0.2) is 83.0 Å². The SMILES string of the molecule is C#CC[C@@H](O[Si](C)(C)C(C)(C)C)[C@H](CCCO[Si](C)(C)C(C)(C)C)[C@@H](C=C)O[Si](C)(C)C(C)(C)C.C=C1/C(=C\C=C2/CCC[C@]3(C)[C@@H]([C@H](C)C[C@@H]4OC(=O)C(=C)[C@@H]4CC)CC[C@@H]23)C[C@@H](O)[C@H](CCCO)[C@@H]1O.C=C1C(=O)O[C@@H](C[C@@H](C)[C@H]2CC[C@H]3/C(=C/Br)CCC[C@]23C)[C@H]1CC.CC.F. The lowest BCUT2D eigenvalue weighted by atomic mass is 9.60. The molecule has 0 bridgehead atoms. The lowest BCUT2D eigenvalue weighted by molar-refractivity contribution is -0.141. The van der Waals surface area contributed by atoms with Crippen LogP contribution in [0.25, 0.3) is 0 Å². The van der Waals surface area contributed by atoms with Crippen LogP contribution in [-0.4, -0.2) is 102 Å². The van der Waals surface area contributed by atoms with E-state index in [0.29, 0.717) is 71.5 Å². The lowest BCUT2D eigenvalue weighted by Gasteiger charge is -2.45. The van der Waals surface area contributed by atoms with E-state index in [0.717, 1.165) is 69.0 Å². The first-order chi connectivity index (χ1) is 45.5. The summed E-state index contributed by atoms with van der Waals surface area (Å²) in [7, 11) is -5.81. The van der Waals surface area contributed by atoms with E-state index in [9.17, 15) is 19.8 Å². The molecule has 18 atom stereocenters. The van der Waals surface area contributed by atoms with Crippen LogP contribution in [0, 0.1) is 82.4 Å². The molecule has 7 aliphatic rings. The number of carbonyl (C=O) groups is 2. The van der Waals surface area contributed by atoms with Gasteiger partial charge in [0.15, 0.2) is 25.0 Å². The molecule has 0 radical (unpaired) electrons. The topological polar surface area (TPSA) is 141 Å². The zero-order chi connectivity index (χ0) is 74.5. The van der Waals surface area contributed by atoms with Crippen LogP contribution < -0.4 is 0 Å². The van der Waals surface area contributed by atoms with E-state index in [-0.39, 0.29) is 91.9 Å². The van der Waals surface area contributed by atoms with Crippen molar-refractivity contribution in [2.45, 2.75) is 337 Å². The minimum absolute atomic E-state index is 0. The van der Waals surface area contributed by atoms with Gasteiger partial charge in [0.05, 0.1) is 24.4 Å². The Kier molecular flexibility index (Phi) is 35.0. The molecule has 0 amide bonds. The van der Waals surface area contributed by atoms with Crippen molar-refractivity contribution < 1.29 is 52.4 Å². The van der Waals surface area contributed by atoms with E-state index < -0.39 is 37.2 Å². The first kappa shape index (κ1) is 90.7. The molecule has 5 saturated carbocycles. The summed E-state index contributed by atoms with van der Waals surface area (Å²) in [5, 5.41) is 31.0. The number of fused-ring (bicyclic) bond motifs is 2. The van der Waals surface area contributed by atoms with E-state index >= 15 is 0 Å². The van der Waals surface area contributed by atoms with Gasteiger partial charge in [-0.3, -0.25) is 4.70 Å². The molecule has 10 nitrogen and oxygen atoms in total. The summed E-state index contributed by atoms with van der Waals surface area (Å²) in [6.07, 6.45) is 31.1. The van der Waals surface area contributed by atoms with Crippen molar-refractivity contribution in [2.75, 3.05) is 13.2 Å². The minimum atomic E-state index is -2.02. The molecule has 7 rings (SSSR count). The highest BCUT2D eigenvalue weighted by Crippen LogP contribution is 2.62. The van der Waals surface area contributed by atoms with E-state index in [1.807, 2.05) is 19.9 Å². The number of esters is 2. The van der Waals surface area contributed by atoms with E-state index in [1.165, 1.54) is 63.4 Å². The van der Waals surface area contributed by atoms with Gasteiger partial charge in [-0.1, -0.05) is 183 Å². The summed E-state index contributed by atoms with van der Waals surface area (Å²) < 4.78 is 31.9. The molecule has 2 saturated heterocycles. The minimum Gasteiger partial charge on any atom is -0.458 e. The van der Waals surface area contributed by atoms with Crippen molar-refractivity contribution in [3.8, 4) is 12.3 Å². The fourth-order valence-electron chi connectivity index (χ4n) is 17.6. The van der Waals surface area contributed by atoms with Crippen LogP contribution in [0.3, 0.4) is 0 Å². The average molecular weight is 1500 g/mol. The second-order valence-electron chi connectivity index (χ2n) is 35.8. The second kappa shape index (κ2) is 38.2. The van der Waals surface area contributed by atoms with Crippen molar-refractivity contribution in [1.82, 2.24) is 0 Å². The molecule has 99 heavy (non-hydrogen) atoms. The summed E-state index contributed by atoms with van der Waals surface area (Å²) in [6.45, 7) is 69.6. The van der Waals surface area contributed by atoms with Gasteiger partial charge in [-0.2, -0.15) is 0 Å². The van der Waals surface area contributed by atoms with Gasteiger partial charge in [0, 0.05) is 54.5 Å². The number of rotatable bonds is 25. The Morgan fingerprint density at radius 3 is 1.59 bits per heavy atom. The highest BCUT2D eigenvalue weighted by atomic mass is 79.9. The van der Waals surface area contributed by atoms with Gasteiger partial charge in [0.25, 0.3) is 0 Å². The Morgan fingerprint density at radius 1 is 0.707 bits per heavy atom. The van der Waals surface area contributed by atoms with Crippen LogP contribution in [0.5, 0.6) is 0 Å². The third-order valence-corrected chi connectivity index (χ3v) is 40.8. The predicted molar refractivity (Wildman–Crippen MR) is 426 cm³/mol. The summed E-state index contributed by atoms with van der Waals surface area (Å²) in [5.41, 5.74) is 6.74. The number of aliphatic hydroxyl groups is 3. The summed E-state index contributed by atoms with van der Waals surface area (Å²) >= 11 is 3.60. The van der Waals surface area contributed by atoms with E-state index in [1.54, 1.807) is 5.57 Å². The standard InChI is InChI=1S/C32H48O5.C29H60O3Si3.C21H31BrO2.C2H6.FH/c1-6-24-21(4)31(36)37-29(24)17-19(2)26-13-14-27-22(9-7-15-32(26,27)5)11-12-23-18-28(34)25(10-8-16-33)30(35)20(23)3;1-18-21-26(32-35(16,17)29(9,10)11)24(22-20-23-30-33(12,13)27(3,4)5)25(19-2)31-34(14,15)28(6,7)8;1-5-16-14(3)20(23)24-19(16)11-13(2)17-8-9-18-15(12-22)7-6-10-21(17,18)4;1-2;/h11-12,19,24-30,33-35H,3-4,6-10,13-18H2,1-2,5H3;1,19,24-26H,2,20-23H2,3-17H3;12-13,16-19H,3,5-11H2,1-2,4H3;1-2H3;1H/b22-11+,23-12-;;15-12+;;/t19-,24+,25+,26-,27+,28-,29+,30-,32-;24-,25-,26-;13-,16+,17-,18+,19+,21-;;/m111../s1. The largest absolute Gasteiger partial charge is 0.458 e. The van der Waals surface area contributed by atoms with Gasteiger partial charge in [0.2, 0.25) is 0 Å². The maximum Gasteiger partial charge on any atom is 0.334 e. The van der Waals surface area contributed by atoms with Gasteiger partial charge in [-0.25, -0.2) is 9.59 Å². The highest BCUT2D eigenvalue weighted by molar-refractivity contribution is 9.11. The first-order valence-corrected chi connectivity index (χ1v) is 48.3. The zero-order valence-corrected chi connectivity index (χ0v) is 71.6. The third kappa shape index (κ3) is 22.1. The zero-order valence-electron chi connectivity index (χ0n) is 67.0. The molecule has 7 fully saturated rings. The van der Waals surface area contributed by atoms with Crippen LogP contribution in [-0.2, 0) is 32.3 Å². The van der Waals surface area contributed by atoms with Gasteiger partial charge in [0.1, 0.15) is 12.2 Å². The number of ether oxygens (including phenoxy) is 2. The van der Waals surface area contributed by atoms with Crippen LogP contribution in [0.2, 0.25) is 54.4 Å². The van der Waals surface area contributed by atoms with Gasteiger partial charge >= 0.3 is 11.9 Å². The molecule has 0 aromatic heterocycles. The van der Waals surface area contributed by atoms with Crippen LogP contribution >= 0.6 is 15.9 Å². The Morgan fingerprint density at radius 2 is 1.16 bits per heavy atom. The molecule has 15 heteroatoms. The molecule has 5 aliphatic carbocycles.